The first-order valence-electron chi connectivity index (χ1n) is 6.00. The van der Waals surface area contributed by atoms with Gasteiger partial charge in [0.25, 0.3) is 0 Å². The Balaban J connectivity index is 2.75. The van der Waals surface area contributed by atoms with E-state index >= 15 is 0 Å². The van der Waals surface area contributed by atoms with Crippen LogP contribution in [0.2, 0.25) is 0 Å². The van der Waals surface area contributed by atoms with Crippen molar-refractivity contribution >= 4 is 21.6 Å². The van der Waals surface area contributed by atoms with Crippen LogP contribution < -0.4 is 15.8 Å². The molecule has 1 atom stereocenters. The van der Waals surface area contributed by atoms with Crippen LogP contribution in [-0.2, 0) is 14.8 Å². The third kappa shape index (κ3) is 4.98. The topological polar surface area (TPSA) is 101 Å². The minimum atomic E-state index is -3.46. The summed E-state index contributed by atoms with van der Waals surface area (Å²) in [4.78, 5) is 11.7. The van der Waals surface area contributed by atoms with E-state index in [1.165, 1.54) is 12.1 Å². The molecule has 1 aromatic carbocycles. The molecule has 19 heavy (non-hydrogen) atoms. The fraction of sp³-hybridized carbons (Fsp3) is 0.417. The second kappa shape index (κ2) is 6.65. The van der Waals surface area contributed by atoms with E-state index in [-0.39, 0.29) is 23.3 Å². The highest BCUT2D eigenvalue weighted by atomic mass is 32.2. The molecule has 0 saturated carbocycles. The van der Waals surface area contributed by atoms with Crippen LogP contribution in [0.25, 0.3) is 0 Å². The van der Waals surface area contributed by atoms with Gasteiger partial charge >= 0.3 is 0 Å². The first kappa shape index (κ1) is 15.6. The minimum Gasteiger partial charge on any atom is -0.327 e. The lowest BCUT2D eigenvalue weighted by Gasteiger charge is -2.08. The minimum absolute atomic E-state index is 0.166. The number of hydrogen-bond donors (Lipinski definition) is 3. The van der Waals surface area contributed by atoms with Crippen LogP contribution in [-0.4, -0.2) is 26.9 Å². The molecule has 7 heteroatoms. The molecule has 1 amide bonds. The Morgan fingerprint density at radius 2 is 1.89 bits per heavy atom. The molecule has 0 aliphatic carbocycles. The molecule has 6 nitrogen and oxygen atoms in total. The molecule has 0 spiro atoms. The van der Waals surface area contributed by atoms with Gasteiger partial charge in [0.1, 0.15) is 0 Å². The van der Waals surface area contributed by atoms with Gasteiger partial charge in [-0.1, -0.05) is 6.92 Å². The summed E-state index contributed by atoms with van der Waals surface area (Å²) >= 11 is 0. The quantitative estimate of drug-likeness (QED) is 0.714. The second-order valence-corrected chi connectivity index (χ2v) is 6.02. The zero-order chi connectivity index (χ0) is 14.5. The zero-order valence-electron chi connectivity index (χ0n) is 11.0. The average molecular weight is 285 g/mol. The van der Waals surface area contributed by atoms with Crippen LogP contribution in [0.15, 0.2) is 29.2 Å². The lowest BCUT2D eigenvalue weighted by atomic mass is 10.2. The smallest absolute Gasteiger partial charge is 0.240 e. The lowest BCUT2D eigenvalue weighted by molar-refractivity contribution is -0.116. The predicted octanol–water partition coefficient (Wildman–Crippen LogP) is 0.661. The van der Waals surface area contributed by atoms with E-state index < -0.39 is 10.0 Å². The Hall–Kier alpha value is -1.44. The SMILES string of the molecule is CCNS(=O)(=O)c1ccc(NC(=O)CC(C)N)cc1. The van der Waals surface area contributed by atoms with Crippen LogP contribution in [0.5, 0.6) is 0 Å². The summed E-state index contributed by atoms with van der Waals surface area (Å²) in [6.45, 7) is 3.78. The number of carbonyl (C=O) groups excluding carboxylic acids is 1. The van der Waals surface area contributed by atoms with Gasteiger partial charge in [-0.25, -0.2) is 13.1 Å². The molecule has 4 N–H and O–H groups in total. The summed E-state index contributed by atoms with van der Waals surface area (Å²) < 4.78 is 25.8. The molecule has 1 rings (SSSR count). The van der Waals surface area contributed by atoms with Crippen LogP contribution in [0.3, 0.4) is 0 Å². The number of hydrogen-bond acceptors (Lipinski definition) is 4. The molecule has 1 aromatic rings. The maximum Gasteiger partial charge on any atom is 0.240 e. The standard InChI is InChI=1S/C12H19N3O3S/c1-3-14-19(17,18)11-6-4-10(5-7-11)15-12(16)8-9(2)13/h4-7,9,14H,3,8,13H2,1-2H3,(H,15,16). The van der Waals surface area contributed by atoms with Crippen LogP contribution >= 0.6 is 0 Å². The van der Waals surface area contributed by atoms with Crippen molar-refractivity contribution in [3.8, 4) is 0 Å². The third-order valence-electron chi connectivity index (χ3n) is 2.29. The molecule has 0 radical (unpaired) electrons. The van der Waals surface area contributed by atoms with Crippen molar-refractivity contribution < 1.29 is 13.2 Å². The maximum atomic E-state index is 11.7. The first-order chi connectivity index (χ1) is 8.85. The molecule has 0 fully saturated rings. The van der Waals surface area contributed by atoms with Crippen LogP contribution in [0.4, 0.5) is 5.69 Å². The highest BCUT2D eigenvalue weighted by Crippen LogP contribution is 2.14. The molecule has 106 valence electrons. The average Bonchev–Trinajstić information content (AvgIpc) is 2.28. The van der Waals surface area contributed by atoms with E-state index in [1.807, 2.05) is 0 Å². The monoisotopic (exact) mass is 285 g/mol. The van der Waals surface area contributed by atoms with Gasteiger partial charge in [0.2, 0.25) is 15.9 Å². The lowest BCUT2D eigenvalue weighted by Crippen LogP contribution is -2.24. The van der Waals surface area contributed by atoms with E-state index in [0.29, 0.717) is 12.2 Å². The zero-order valence-corrected chi connectivity index (χ0v) is 11.8. The first-order valence-corrected chi connectivity index (χ1v) is 7.48. The summed E-state index contributed by atoms with van der Waals surface area (Å²) in [5.74, 6) is -0.197. The number of amides is 1. The highest BCUT2D eigenvalue weighted by molar-refractivity contribution is 7.89. The molecule has 0 aliphatic rings. The van der Waals surface area contributed by atoms with Gasteiger partial charge in [0.05, 0.1) is 4.90 Å². The number of nitrogens with one attached hydrogen (secondary N) is 2. The van der Waals surface area contributed by atoms with Gasteiger partial charge in [0, 0.05) is 24.7 Å². The number of rotatable bonds is 6. The normalized spacial score (nSPS) is 13.0. The van der Waals surface area contributed by atoms with Crippen molar-refractivity contribution in [3.63, 3.8) is 0 Å². The number of anilines is 1. The van der Waals surface area contributed by atoms with Gasteiger partial charge in [-0.15, -0.1) is 0 Å². The van der Waals surface area contributed by atoms with E-state index in [2.05, 4.69) is 10.0 Å². The van der Waals surface area contributed by atoms with Crippen molar-refractivity contribution in [2.75, 3.05) is 11.9 Å². The largest absolute Gasteiger partial charge is 0.327 e. The van der Waals surface area contributed by atoms with Gasteiger partial charge in [-0.2, -0.15) is 0 Å². The van der Waals surface area contributed by atoms with E-state index in [4.69, 9.17) is 5.73 Å². The van der Waals surface area contributed by atoms with Gasteiger partial charge in [-0.3, -0.25) is 4.79 Å². The van der Waals surface area contributed by atoms with E-state index in [0.717, 1.165) is 0 Å². The van der Waals surface area contributed by atoms with Gasteiger partial charge in [0.15, 0.2) is 0 Å². The van der Waals surface area contributed by atoms with Crippen LogP contribution in [0, 0.1) is 0 Å². The number of sulfonamides is 1. The summed E-state index contributed by atoms with van der Waals surface area (Å²) in [6.07, 6.45) is 0.220. The van der Waals surface area contributed by atoms with Gasteiger partial charge < -0.3 is 11.1 Å². The Morgan fingerprint density at radius 3 is 2.37 bits per heavy atom. The molecule has 1 unspecified atom stereocenters. The Labute approximate surface area is 113 Å². The molecule has 0 bridgehead atoms. The fourth-order valence-corrected chi connectivity index (χ4v) is 2.54. The van der Waals surface area contributed by atoms with E-state index in [1.54, 1.807) is 26.0 Å². The summed E-state index contributed by atoms with van der Waals surface area (Å²) in [5.41, 5.74) is 6.06. The van der Waals surface area contributed by atoms with Crippen molar-refractivity contribution in [1.29, 1.82) is 0 Å². The Kier molecular flexibility index (Phi) is 5.46. The Morgan fingerprint density at radius 1 is 1.32 bits per heavy atom. The van der Waals surface area contributed by atoms with Crippen molar-refractivity contribution in [3.05, 3.63) is 24.3 Å². The fourth-order valence-electron chi connectivity index (χ4n) is 1.50. The van der Waals surface area contributed by atoms with Gasteiger partial charge in [-0.05, 0) is 31.2 Å². The number of benzene rings is 1. The predicted molar refractivity (Wildman–Crippen MR) is 74.2 cm³/mol. The maximum absolute atomic E-state index is 11.7. The molecule has 0 heterocycles. The third-order valence-corrected chi connectivity index (χ3v) is 3.85. The second-order valence-electron chi connectivity index (χ2n) is 4.26. The number of carbonyl (C=O) groups is 1. The Bertz CT molecular complexity index is 524. The molecule has 0 saturated heterocycles. The summed E-state index contributed by atoms with van der Waals surface area (Å²) in [7, 11) is -3.46. The van der Waals surface area contributed by atoms with Crippen LogP contribution in [0.1, 0.15) is 20.3 Å². The van der Waals surface area contributed by atoms with Crippen molar-refractivity contribution in [2.45, 2.75) is 31.2 Å². The summed E-state index contributed by atoms with van der Waals surface area (Å²) in [6, 6.07) is 5.76. The molecular weight excluding hydrogens is 266 g/mol. The molecular formula is C12H19N3O3S. The molecule has 0 aromatic heterocycles. The van der Waals surface area contributed by atoms with Crippen molar-refractivity contribution in [1.82, 2.24) is 4.72 Å². The highest BCUT2D eigenvalue weighted by Gasteiger charge is 2.12. The van der Waals surface area contributed by atoms with E-state index in [9.17, 15) is 13.2 Å². The summed E-state index contributed by atoms with van der Waals surface area (Å²) in [5, 5.41) is 2.65. The number of nitrogens with two attached hydrogens (primary N) is 1. The molecule has 0 aliphatic heterocycles. The van der Waals surface area contributed by atoms with Crippen molar-refractivity contribution in [2.24, 2.45) is 5.73 Å².